The van der Waals surface area contributed by atoms with Crippen LogP contribution in [0.2, 0.25) is 0 Å². The van der Waals surface area contributed by atoms with E-state index in [1.54, 1.807) is 0 Å². The summed E-state index contributed by atoms with van der Waals surface area (Å²) in [7, 11) is -3.92. The first-order valence-corrected chi connectivity index (χ1v) is 3.29. The van der Waals surface area contributed by atoms with Gasteiger partial charge in [-0.15, -0.1) is 4.21 Å². The second-order valence-electron chi connectivity index (χ2n) is 1.69. The lowest BCUT2D eigenvalue weighted by molar-refractivity contribution is 0.477. The van der Waals surface area contributed by atoms with E-state index < -0.39 is 15.1 Å². The molecule has 0 saturated carbocycles. The van der Waals surface area contributed by atoms with Crippen LogP contribution in [0.5, 0.6) is 0 Å². The number of rotatable bonds is 1. The Kier molecular flexibility index (Phi) is 1.61. The van der Waals surface area contributed by atoms with E-state index in [2.05, 4.69) is 20.8 Å². The van der Waals surface area contributed by atoms with Crippen LogP contribution in [0.25, 0.3) is 5.14 Å². The summed E-state index contributed by atoms with van der Waals surface area (Å²) in [5.74, 6) is 0. The van der Waals surface area contributed by atoms with E-state index >= 15 is 0 Å². The van der Waals surface area contributed by atoms with Crippen LogP contribution in [-0.2, 0) is 14.6 Å². The third-order valence-electron chi connectivity index (χ3n) is 0.570. The number of nitrogens with one attached hydrogen (secondary N) is 1. The van der Waals surface area contributed by atoms with Crippen molar-refractivity contribution in [1.82, 2.24) is 0 Å². The number of sulfonamides is 1. The van der Waals surface area contributed by atoms with Crippen LogP contribution >= 0.6 is 0 Å². The molecule has 0 radical (unpaired) electrons. The molecule has 0 bridgehead atoms. The maximum atomic E-state index is 10.1. The zero-order chi connectivity index (χ0) is 7.00. The highest BCUT2D eigenvalue weighted by molar-refractivity contribution is 8.00. The lowest BCUT2D eigenvalue weighted by Crippen LogP contribution is -2.31. The zero-order valence-electron chi connectivity index (χ0n) is 4.35. The van der Waals surface area contributed by atoms with E-state index in [-0.39, 0.29) is 0 Å². The SMILES string of the molecule is [CH2+]C([CH2+])([CH2-])[S+]([NH-])(=O)[O-]. The summed E-state index contributed by atoms with van der Waals surface area (Å²) >= 11 is 0. The molecular weight excluding hydrogens is 126 g/mol. The van der Waals surface area contributed by atoms with E-state index in [1.807, 2.05) is 0 Å². The second kappa shape index (κ2) is 1.65. The molecule has 0 aromatic carbocycles. The van der Waals surface area contributed by atoms with Gasteiger partial charge in [0.15, 0.2) is 0 Å². The smallest absolute Gasteiger partial charge is 0.253 e. The van der Waals surface area contributed by atoms with Gasteiger partial charge in [0.2, 0.25) is 0 Å². The van der Waals surface area contributed by atoms with E-state index in [9.17, 15) is 8.76 Å². The van der Waals surface area contributed by atoms with Crippen molar-refractivity contribution in [2.24, 2.45) is 0 Å². The van der Waals surface area contributed by atoms with Crippen LogP contribution < -0.4 is 0 Å². The van der Waals surface area contributed by atoms with Crippen LogP contribution in [0.1, 0.15) is 0 Å². The molecule has 0 amide bonds. The molecule has 0 rings (SSSR count). The summed E-state index contributed by atoms with van der Waals surface area (Å²) in [5, 5.41) is 6.37. The van der Waals surface area contributed by atoms with E-state index in [4.69, 9.17) is 5.14 Å². The number of hydrogen-bond acceptors (Lipinski definition) is 2. The summed E-state index contributed by atoms with van der Waals surface area (Å²) in [6.07, 6.45) is 0. The minimum atomic E-state index is -3.92. The minimum absolute atomic E-state index is 1.67. The van der Waals surface area contributed by atoms with Gasteiger partial charge in [0.05, 0.1) is 0 Å². The van der Waals surface area contributed by atoms with Crippen LogP contribution in [0.4, 0.5) is 0 Å². The Morgan fingerprint density at radius 2 is 1.88 bits per heavy atom. The van der Waals surface area contributed by atoms with Crippen molar-refractivity contribution >= 4 is 10.4 Å². The highest BCUT2D eigenvalue weighted by Crippen LogP contribution is 2.19. The average molecular weight is 133 g/mol. The summed E-state index contributed by atoms with van der Waals surface area (Å²) in [5.41, 5.74) is 0. The molecule has 1 atom stereocenters. The summed E-state index contributed by atoms with van der Waals surface area (Å²) < 4.78 is 18.6. The highest BCUT2D eigenvalue weighted by atomic mass is 32.3. The first-order chi connectivity index (χ1) is 3.25. The third kappa shape index (κ3) is 1.73. The maximum absolute atomic E-state index is 10.1. The molecule has 1 N–H and O–H groups in total. The summed E-state index contributed by atoms with van der Waals surface area (Å²) in [4.78, 5) is 0. The van der Waals surface area contributed by atoms with Crippen LogP contribution in [0, 0.1) is 20.8 Å². The molecule has 0 saturated heterocycles. The molecule has 0 aromatic heterocycles. The molecule has 0 aliphatic heterocycles. The monoisotopic (exact) mass is 133 g/mol. The maximum Gasteiger partial charge on any atom is 0.253 e. The Balaban J connectivity index is 4.26. The Labute approximate surface area is 50.7 Å². The highest BCUT2D eigenvalue weighted by Gasteiger charge is 2.31. The molecule has 0 spiro atoms. The summed E-state index contributed by atoms with van der Waals surface area (Å²) in [6, 6.07) is 0. The van der Waals surface area contributed by atoms with Crippen LogP contribution in [0.15, 0.2) is 0 Å². The largest absolute Gasteiger partial charge is 0.620 e. The Bertz CT molecular complexity index is 120. The Hall–Kier alpha value is -0.190. The van der Waals surface area contributed by atoms with E-state index in [0.717, 1.165) is 0 Å². The van der Waals surface area contributed by atoms with Crippen molar-refractivity contribution in [1.29, 1.82) is 0 Å². The van der Waals surface area contributed by atoms with Crippen molar-refractivity contribution in [3.63, 3.8) is 0 Å². The van der Waals surface area contributed by atoms with Crippen molar-refractivity contribution in [2.75, 3.05) is 0 Å². The molecule has 0 aromatic rings. The van der Waals surface area contributed by atoms with Gasteiger partial charge in [0, 0.05) is 10.4 Å². The standard InChI is InChI=1S/C4H7NO2S/c1-4(2,3)8(5,6)7/h1-3H2,(H-2,5,6,7). The lowest BCUT2D eigenvalue weighted by Gasteiger charge is -2.24. The lowest BCUT2D eigenvalue weighted by atomic mass is 10.3. The van der Waals surface area contributed by atoms with Crippen molar-refractivity contribution in [3.05, 3.63) is 25.9 Å². The van der Waals surface area contributed by atoms with Gasteiger partial charge in [0.25, 0.3) is 4.75 Å². The fourth-order valence-electron chi connectivity index (χ4n) is 0. The Morgan fingerprint density at radius 3 is 1.88 bits per heavy atom. The van der Waals surface area contributed by atoms with Crippen LogP contribution in [0.3, 0.4) is 0 Å². The van der Waals surface area contributed by atoms with Crippen molar-refractivity contribution in [2.45, 2.75) is 4.75 Å². The molecule has 0 aliphatic rings. The first-order valence-electron chi connectivity index (χ1n) is 1.80. The molecule has 0 fully saturated rings. The molecular formula is C4H7NO2S. The molecule has 46 valence electrons. The molecule has 1 unspecified atom stereocenters. The van der Waals surface area contributed by atoms with Gasteiger partial charge in [0.1, 0.15) is 13.8 Å². The Morgan fingerprint density at radius 1 is 1.75 bits per heavy atom. The predicted molar refractivity (Wildman–Crippen MR) is 32.0 cm³/mol. The van der Waals surface area contributed by atoms with Crippen molar-refractivity contribution in [3.8, 4) is 0 Å². The zero-order valence-corrected chi connectivity index (χ0v) is 5.16. The van der Waals surface area contributed by atoms with Gasteiger partial charge < -0.3 is 9.69 Å². The molecule has 0 aliphatic carbocycles. The molecule has 4 heteroatoms. The van der Waals surface area contributed by atoms with Gasteiger partial charge >= 0.3 is 0 Å². The van der Waals surface area contributed by atoms with E-state index in [1.165, 1.54) is 0 Å². The normalized spacial score (nSPS) is 19.9. The molecule has 3 nitrogen and oxygen atoms in total. The topological polar surface area (TPSA) is 63.9 Å². The van der Waals surface area contributed by atoms with Crippen LogP contribution in [-0.4, -0.2) is 9.30 Å². The summed E-state index contributed by atoms with van der Waals surface area (Å²) in [6.45, 7) is 9.13. The third-order valence-corrected chi connectivity index (χ3v) is 1.71. The van der Waals surface area contributed by atoms with Crippen molar-refractivity contribution < 1.29 is 8.76 Å². The average Bonchev–Trinajstić information content (AvgIpc) is 1.25. The first kappa shape index (κ1) is 7.81. The molecule has 0 heterocycles. The van der Waals surface area contributed by atoms with Gasteiger partial charge in [-0.05, 0) is 0 Å². The minimum Gasteiger partial charge on any atom is -0.620 e. The van der Waals surface area contributed by atoms with E-state index in [0.29, 0.717) is 0 Å². The van der Waals surface area contributed by atoms with Gasteiger partial charge in [-0.3, -0.25) is 0 Å². The molecule has 8 heavy (non-hydrogen) atoms. The van der Waals surface area contributed by atoms with Gasteiger partial charge in [-0.2, -0.15) is 6.92 Å². The quantitative estimate of drug-likeness (QED) is 0.392. The van der Waals surface area contributed by atoms with Gasteiger partial charge in [-0.25, -0.2) is 0 Å². The number of hydrogen-bond donors (Lipinski definition) is 0. The fourth-order valence-corrected chi connectivity index (χ4v) is 0. The van der Waals surface area contributed by atoms with Gasteiger partial charge in [-0.1, -0.05) is 0 Å². The second-order valence-corrected chi connectivity index (χ2v) is 3.56. The fraction of sp³-hybridized carbons (Fsp3) is 0.250. The predicted octanol–water partition coefficient (Wildman–Crippen LogP) is 0.825.